The summed E-state index contributed by atoms with van der Waals surface area (Å²) in [5.41, 5.74) is 2.60. The van der Waals surface area contributed by atoms with Crippen LogP contribution in [0.1, 0.15) is 22.0 Å². The van der Waals surface area contributed by atoms with E-state index in [9.17, 15) is 12.8 Å². The third-order valence-electron chi connectivity index (χ3n) is 5.35. The zero-order valence-corrected chi connectivity index (χ0v) is 18.2. The molecule has 1 N–H and O–H groups in total. The van der Waals surface area contributed by atoms with Crippen molar-refractivity contribution < 1.29 is 17.5 Å². The fourth-order valence-electron chi connectivity index (χ4n) is 3.80. The second-order valence-corrected chi connectivity index (χ2v) is 9.88. The summed E-state index contributed by atoms with van der Waals surface area (Å²) in [5, 5.41) is 1.99. The predicted octanol–water partition coefficient (Wildman–Crippen LogP) is 3.97. The predicted molar refractivity (Wildman–Crippen MR) is 116 cm³/mol. The summed E-state index contributed by atoms with van der Waals surface area (Å²) in [6.45, 7) is 1.78. The van der Waals surface area contributed by atoms with Crippen LogP contribution in [0.15, 0.2) is 64.9 Å². The smallest absolute Gasteiger partial charge is 0.244 e. The highest BCUT2D eigenvalue weighted by Crippen LogP contribution is 2.31. The Hall–Kier alpha value is -2.26. The second-order valence-electron chi connectivity index (χ2n) is 7.17. The number of hydrogen-bond donors (Lipinski definition) is 1. The molecule has 0 saturated carbocycles. The van der Waals surface area contributed by atoms with E-state index in [4.69, 9.17) is 4.74 Å². The summed E-state index contributed by atoms with van der Waals surface area (Å²) in [5.74, 6) is -0.512. The minimum atomic E-state index is -3.95. The molecule has 2 heterocycles. The van der Waals surface area contributed by atoms with E-state index in [1.165, 1.54) is 30.4 Å². The average Bonchev–Trinajstić information content (AvgIpc) is 3.28. The van der Waals surface area contributed by atoms with Gasteiger partial charge >= 0.3 is 0 Å². The van der Waals surface area contributed by atoms with E-state index >= 15 is 0 Å². The third kappa shape index (κ3) is 4.41. The van der Waals surface area contributed by atoms with E-state index in [0.717, 1.165) is 30.5 Å². The van der Waals surface area contributed by atoms with Crippen LogP contribution in [0.2, 0.25) is 0 Å². The molecular weight excluding hydrogens is 423 g/mol. The van der Waals surface area contributed by atoms with Crippen molar-refractivity contribution in [2.45, 2.75) is 23.9 Å². The lowest BCUT2D eigenvalue weighted by Gasteiger charge is -2.35. The Labute approximate surface area is 180 Å². The van der Waals surface area contributed by atoms with E-state index in [2.05, 4.69) is 21.8 Å². The molecule has 5 nitrogen and oxygen atoms in total. The van der Waals surface area contributed by atoms with Crippen LogP contribution in [-0.2, 0) is 23.0 Å². The number of ether oxygens (including phenoxy) is 1. The highest BCUT2D eigenvalue weighted by Gasteiger charge is 2.28. The van der Waals surface area contributed by atoms with Gasteiger partial charge < -0.3 is 4.74 Å². The Morgan fingerprint density at radius 1 is 1.17 bits per heavy atom. The second kappa shape index (κ2) is 8.85. The number of sulfonamides is 1. The highest BCUT2D eigenvalue weighted by atomic mass is 32.2. The lowest BCUT2D eigenvalue weighted by molar-refractivity contribution is 0.183. The standard InChI is InChI=1S/C22H23FN2O3S2/c1-28-20-9-8-18(23)13-22(20)30(26,27)24-14-19(21-7-4-12-29-21)25-11-10-16-5-2-3-6-17(16)15-25/h2-9,12-13,19,24H,10-11,14-15H2,1H3. The van der Waals surface area contributed by atoms with E-state index in [-0.39, 0.29) is 23.2 Å². The van der Waals surface area contributed by atoms with Crippen LogP contribution < -0.4 is 9.46 Å². The minimum absolute atomic E-state index is 0.114. The maximum absolute atomic E-state index is 13.7. The van der Waals surface area contributed by atoms with Crippen molar-refractivity contribution in [3.05, 3.63) is 81.8 Å². The van der Waals surface area contributed by atoms with Gasteiger partial charge in [0.05, 0.1) is 13.2 Å². The Morgan fingerprint density at radius 2 is 1.97 bits per heavy atom. The molecule has 0 aliphatic carbocycles. The number of thiophene rings is 1. The first kappa shape index (κ1) is 21.0. The Kier molecular flexibility index (Phi) is 6.19. The van der Waals surface area contributed by atoms with E-state index in [1.807, 2.05) is 29.6 Å². The largest absolute Gasteiger partial charge is 0.495 e. The summed E-state index contributed by atoms with van der Waals surface area (Å²) < 4.78 is 47.4. The first-order chi connectivity index (χ1) is 14.5. The van der Waals surface area contributed by atoms with Gasteiger partial charge in [0.15, 0.2) is 0 Å². The summed E-state index contributed by atoms with van der Waals surface area (Å²) >= 11 is 1.60. The first-order valence-corrected chi connectivity index (χ1v) is 12.0. The van der Waals surface area contributed by atoms with Crippen molar-refractivity contribution in [1.82, 2.24) is 9.62 Å². The zero-order chi connectivity index (χ0) is 21.1. The maximum atomic E-state index is 13.7. The molecule has 1 atom stereocenters. The van der Waals surface area contributed by atoms with Gasteiger partial charge in [-0.15, -0.1) is 11.3 Å². The third-order valence-corrected chi connectivity index (χ3v) is 7.77. The normalized spacial score (nSPS) is 15.5. The molecular formula is C22H23FN2O3S2. The van der Waals surface area contributed by atoms with Crippen LogP contribution >= 0.6 is 11.3 Å². The molecule has 3 aromatic rings. The van der Waals surface area contributed by atoms with E-state index in [0.29, 0.717) is 0 Å². The molecule has 0 fully saturated rings. The number of methoxy groups -OCH3 is 1. The topological polar surface area (TPSA) is 58.6 Å². The molecule has 0 bridgehead atoms. The Bertz CT molecular complexity index is 1120. The van der Waals surface area contributed by atoms with Gasteiger partial charge in [-0.2, -0.15) is 0 Å². The number of hydrogen-bond acceptors (Lipinski definition) is 5. The van der Waals surface area contributed by atoms with Crippen molar-refractivity contribution in [3.63, 3.8) is 0 Å². The van der Waals surface area contributed by atoms with Crippen LogP contribution in [0.4, 0.5) is 4.39 Å². The Morgan fingerprint density at radius 3 is 2.70 bits per heavy atom. The number of nitrogens with zero attached hydrogens (tertiary/aromatic N) is 1. The molecule has 0 spiro atoms. The molecule has 4 rings (SSSR count). The van der Waals surface area contributed by atoms with Crippen LogP contribution in [0.25, 0.3) is 0 Å². The Balaban J connectivity index is 1.58. The molecule has 1 unspecified atom stereocenters. The van der Waals surface area contributed by atoms with Crippen molar-refractivity contribution in [1.29, 1.82) is 0 Å². The highest BCUT2D eigenvalue weighted by molar-refractivity contribution is 7.89. The molecule has 2 aromatic carbocycles. The van der Waals surface area contributed by atoms with Gasteiger partial charge in [-0.3, -0.25) is 4.90 Å². The van der Waals surface area contributed by atoms with Crippen molar-refractivity contribution in [2.24, 2.45) is 0 Å². The van der Waals surface area contributed by atoms with Crippen LogP contribution in [0.5, 0.6) is 5.75 Å². The first-order valence-electron chi connectivity index (χ1n) is 9.65. The fourth-order valence-corrected chi connectivity index (χ4v) is 5.88. The van der Waals surface area contributed by atoms with Gasteiger partial charge in [0.1, 0.15) is 16.5 Å². The summed E-state index contributed by atoms with van der Waals surface area (Å²) in [6, 6.07) is 15.7. The summed E-state index contributed by atoms with van der Waals surface area (Å²) in [6.07, 6.45) is 0.919. The molecule has 30 heavy (non-hydrogen) atoms. The summed E-state index contributed by atoms with van der Waals surface area (Å²) in [7, 11) is -2.58. The molecule has 0 saturated heterocycles. The van der Waals surface area contributed by atoms with Crippen LogP contribution in [-0.4, -0.2) is 33.5 Å². The number of benzene rings is 2. The SMILES string of the molecule is COc1ccc(F)cc1S(=O)(=O)NCC(c1cccs1)N1CCc2ccccc2C1. The fraction of sp³-hybridized carbons (Fsp3) is 0.273. The monoisotopic (exact) mass is 446 g/mol. The van der Waals surface area contributed by atoms with Gasteiger partial charge in [-0.1, -0.05) is 30.3 Å². The molecule has 0 amide bonds. The maximum Gasteiger partial charge on any atom is 0.244 e. The van der Waals surface area contributed by atoms with E-state index < -0.39 is 15.8 Å². The van der Waals surface area contributed by atoms with Gasteiger partial charge in [0.2, 0.25) is 10.0 Å². The van der Waals surface area contributed by atoms with Gasteiger partial charge in [-0.25, -0.2) is 17.5 Å². The number of fused-ring (bicyclic) bond motifs is 1. The molecule has 0 radical (unpaired) electrons. The average molecular weight is 447 g/mol. The van der Waals surface area contributed by atoms with Gasteiger partial charge in [-0.05, 0) is 47.2 Å². The number of halogens is 1. The lowest BCUT2D eigenvalue weighted by atomic mass is 9.98. The number of nitrogens with one attached hydrogen (secondary N) is 1. The molecule has 1 aromatic heterocycles. The van der Waals surface area contributed by atoms with E-state index in [1.54, 1.807) is 11.3 Å². The quantitative estimate of drug-likeness (QED) is 0.597. The molecule has 8 heteroatoms. The van der Waals surface area contributed by atoms with Crippen LogP contribution in [0.3, 0.4) is 0 Å². The molecule has 158 valence electrons. The lowest BCUT2D eigenvalue weighted by Crippen LogP contribution is -2.40. The molecule has 1 aliphatic heterocycles. The minimum Gasteiger partial charge on any atom is -0.495 e. The summed E-state index contributed by atoms with van der Waals surface area (Å²) in [4.78, 5) is 3.18. The van der Waals surface area contributed by atoms with Crippen molar-refractivity contribution in [3.8, 4) is 5.75 Å². The number of rotatable bonds is 7. The molecule has 1 aliphatic rings. The van der Waals surface area contributed by atoms with Crippen LogP contribution in [0, 0.1) is 5.82 Å². The van der Waals surface area contributed by atoms with Gasteiger partial charge in [0.25, 0.3) is 0 Å². The van der Waals surface area contributed by atoms with Crippen molar-refractivity contribution in [2.75, 3.05) is 20.2 Å². The zero-order valence-electron chi connectivity index (χ0n) is 16.5. The van der Waals surface area contributed by atoms with Crippen molar-refractivity contribution >= 4 is 21.4 Å². The van der Waals surface area contributed by atoms with Gasteiger partial charge in [0, 0.05) is 24.5 Å².